The number of alkyl halides is 1. The van der Waals surface area contributed by atoms with Crippen LogP contribution < -0.4 is 15.0 Å². The minimum atomic E-state index is -0.954. The van der Waals surface area contributed by atoms with E-state index in [-0.39, 0.29) is 46.0 Å². The van der Waals surface area contributed by atoms with Crippen molar-refractivity contribution in [3.63, 3.8) is 0 Å². The molecule has 1 aromatic heterocycles. The van der Waals surface area contributed by atoms with Crippen LogP contribution in [0.15, 0.2) is 36.4 Å². The number of benzene rings is 3. The van der Waals surface area contributed by atoms with Crippen molar-refractivity contribution in [3.05, 3.63) is 59.2 Å². The van der Waals surface area contributed by atoms with E-state index in [2.05, 4.69) is 27.2 Å². The van der Waals surface area contributed by atoms with E-state index >= 15 is 4.39 Å². The smallest absolute Gasteiger partial charge is 0.234 e. The lowest BCUT2D eigenvalue weighted by atomic mass is 9.92. The quantitative estimate of drug-likeness (QED) is 0.304. The fourth-order valence-electron chi connectivity index (χ4n) is 7.32. The summed E-state index contributed by atoms with van der Waals surface area (Å²) in [5, 5.41) is 25.4. The van der Waals surface area contributed by atoms with Crippen LogP contribution in [-0.2, 0) is 0 Å². The maximum absolute atomic E-state index is 16.8. The third kappa shape index (κ3) is 4.49. The molecule has 4 aromatic rings. The van der Waals surface area contributed by atoms with Gasteiger partial charge in [0.15, 0.2) is 5.82 Å². The Kier molecular flexibility index (Phi) is 7.00. The fraction of sp³-hybridized carbons (Fsp3) is 0.353. The van der Waals surface area contributed by atoms with Crippen molar-refractivity contribution < 1.29 is 23.0 Å². The van der Waals surface area contributed by atoms with Crippen LogP contribution in [-0.4, -0.2) is 72.6 Å². The van der Waals surface area contributed by atoms with E-state index in [4.69, 9.17) is 11.2 Å². The number of pyridine rings is 1. The van der Waals surface area contributed by atoms with Gasteiger partial charge >= 0.3 is 0 Å². The van der Waals surface area contributed by atoms with E-state index in [1.54, 1.807) is 12.1 Å². The number of nitrogens with one attached hydrogen (secondary N) is 1. The number of ether oxygens (including phenoxy) is 1. The number of terminal acetylenes is 1. The van der Waals surface area contributed by atoms with Crippen LogP contribution in [0.2, 0.25) is 0 Å². The number of phenols is 1. The SMILES string of the molecule is C#Cc1c(F)ccc2cc(O)cc(-c3ccc4c(N5CCNCC5)c(C#N)c(OC[C@@]56CCCN5C[C@H](F)C6)nc4c3F)c12. The van der Waals surface area contributed by atoms with Crippen LogP contribution >= 0.6 is 0 Å². The molecule has 0 bridgehead atoms. The molecule has 0 spiro atoms. The minimum absolute atomic E-state index is 0.00996. The van der Waals surface area contributed by atoms with E-state index in [0.29, 0.717) is 61.0 Å². The Morgan fingerprint density at radius 1 is 1.11 bits per heavy atom. The van der Waals surface area contributed by atoms with Gasteiger partial charge in [0.1, 0.15) is 41.5 Å². The summed E-state index contributed by atoms with van der Waals surface area (Å²) in [6.07, 6.45) is 6.75. The maximum atomic E-state index is 16.8. The van der Waals surface area contributed by atoms with Crippen LogP contribution in [0.25, 0.3) is 32.8 Å². The molecule has 3 aliphatic heterocycles. The van der Waals surface area contributed by atoms with Crippen LogP contribution in [0, 0.1) is 35.3 Å². The monoisotopic (exact) mass is 597 g/mol. The Balaban J connectivity index is 1.43. The Morgan fingerprint density at radius 2 is 1.93 bits per heavy atom. The highest BCUT2D eigenvalue weighted by Gasteiger charge is 2.49. The second-order valence-corrected chi connectivity index (χ2v) is 11.8. The molecule has 7 nitrogen and oxygen atoms in total. The molecule has 3 fully saturated rings. The van der Waals surface area contributed by atoms with Gasteiger partial charge in [0.2, 0.25) is 5.88 Å². The Labute approximate surface area is 252 Å². The summed E-state index contributed by atoms with van der Waals surface area (Å²) in [7, 11) is 0. The molecular formula is C34H30F3N5O2. The Bertz CT molecular complexity index is 1900. The summed E-state index contributed by atoms with van der Waals surface area (Å²) in [5.41, 5.74) is 0.424. The number of hydrogen-bond donors (Lipinski definition) is 2. The highest BCUT2D eigenvalue weighted by Crippen LogP contribution is 2.44. The molecule has 2 N–H and O–H groups in total. The predicted molar refractivity (Wildman–Crippen MR) is 163 cm³/mol. The van der Waals surface area contributed by atoms with Crippen molar-refractivity contribution in [3.8, 4) is 41.2 Å². The summed E-state index contributed by atoms with van der Waals surface area (Å²) in [5.74, 6) is 0.866. The molecule has 224 valence electrons. The largest absolute Gasteiger partial charge is 0.508 e. The molecule has 3 aromatic carbocycles. The van der Waals surface area contributed by atoms with Crippen molar-refractivity contribution >= 4 is 27.4 Å². The van der Waals surface area contributed by atoms with Crippen molar-refractivity contribution in [1.82, 2.24) is 15.2 Å². The summed E-state index contributed by atoms with van der Waals surface area (Å²) < 4.78 is 52.4. The number of piperazine rings is 1. The van der Waals surface area contributed by atoms with Crippen LogP contribution in [0.4, 0.5) is 18.9 Å². The molecule has 2 atom stereocenters. The van der Waals surface area contributed by atoms with Crippen LogP contribution in [0.3, 0.4) is 0 Å². The molecule has 4 heterocycles. The average Bonchev–Trinajstić information content (AvgIpc) is 3.55. The minimum Gasteiger partial charge on any atom is -0.508 e. The molecule has 7 rings (SSSR count). The standard InChI is InChI=1S/C34H30F3N5O2/c1-2-23-28(36)7-4-20-14-22(43)15-26(29(20)23)24-5-6-25-31(30(24)37)40-33(27(17-38)32(25)41-12-9-39-10-13-41)44-19-34-8-3-11-42(34)18-21(35)16-34/h1,4-7,14-15,21,39,43H,3,8-13,16,18-19H2/t21-,34+/m1/s1. The lowest BCUT2D eigenvalue weighted by Crippen LogP contribution is -2.44. The van der Waals surface area contributed by atoms with Gasteiger partial charge in [0.05, 0.1) is 16.8 Å². The van der Waals surface area contributed by atoms with Gasteiger partial charge in [-0.15, -0.1) is 6.42 Å². The predicted octanol–water partition coefficient (Wildman–Crippen LogP) is 5.26. The Hall–Kier alpha value is -4.51. The first kappa shape index (κ1) is 28.3. The van der Waals surface area contributed by atoms with Crippen molar-refractivity contribution in [2.45, 2.75) is 31.0 Å². The second-order valence-electron chi connectivity index (χ2n) is 11.8. The number of hydrogen-bond acceptors (Lipinski definition) is 7. The number of fused-ring (bicyclic) bond motifs is 3. The van der Waals surface area contributed by atoms with E-state index in [9.17, 15) is 19.1 Å². The molecular weight excluding hydrogens is 567 g/mol. The molecule has 0 saturated carbocycles. The molecule has 0 amide bonds. The zero-order valence-electron chi connectivity index (χ0n) is 24.0. The number of aromatic nitrogens is 1. The number of phenolic OH excluding ortho intramolecular Hbond substituents is 1. The second kappa shape index (κ2) is 10.9. The zero-order chi connectivity index (χ0) is 30.6. The third-order valence-electron chi connectivity index (χ3n) is 9.30. The highest BCUT2D eigenvalue weighted by atomic mass is 19.1. The summed E-state index contributed by atoms with van der Waals surface area (Å²) in [4.78, 5) is 8.72. The first-order chi connectivity index (χ1) is 21.3. The maximum Gasteiger partial charge on any atom is 0.234 e. The van der Waals surface area contributed by atoms with Gasteiger partial charge in [-0.1, -0.05) is 18.1 Å². The van der Waals surface area contributed by atoms with E-state index in [0.717, 1.165) is 19.4 Å². The first-order valence-corrected chi connectivity index (χ1v) is 14.8. The third-order valence-corrected chi connectivity index (χ3v) is 9.30. The van der Waals surface area contributed by atoms with Gasteiger partial charge in [-0.25, -0.2) is 18.2 Å². The normalized spacial score (nSPS) is 21.8. The van der Waals surface area contributed by atoms with Gasteiger partial charge in [-0.05, 0) is 54.6 Å². The number of nitrogens with zero attached hydrogens (tertiary/aromatic N) is 4. The fourth-order valence-corrected chi connectivity index (χ4v) is 7.32. The number of anilines is 1. The van der Waals surface area contributed by atoms with Crippen molar-refractivity contribution in [1.29, 1.82) is 5.26 Å². The van der Waals surface area contributed by atoms with E-state index in [1.165, 1.54) is 24.3 Å². The number of rotatable bonds is 5. The van der Waals surface area contributed by atoms with Crippen molar-refractivity contribution in [2.75, 3.05) is 50.8 Å². The van der Waals surface area contributed by atoms with Gasteiger partial charge in [0, 0.05) is 55.5 Å². The number of nitriles is 1. The first-order valence-electron chi connectivity index (χ1n) is 14.8. The van der Waals surface area contributed by atoms with Gasteiger partial charge in [0.25, 0.3) is 0 Å². The highest BCUT2D eigenvalue weighted by molar-refractivity contribution is 6.05. The van der Waals surface area contributed by atoms with Gasteiger partial charge < -0.3 is 20.1 Å². The molecule has 0 unspecified atom stereocenters. The Morgan fingerprint density at radius 3 is 2.70 bits per heavy atom. The lowest BCUT2D eigenvalue weighted by molar-refractivity contribution is 0.110. The molecule has 10 heteroatoms. The average molecular weight is 598 g/mol. The van der Waals surface area contributed by atoms with Crippen molar-refractivity contribution in [2.24, 2.45) is 0 Å². The summed E-state index contributed by atoms with van der Waals surface area (Å²) in [6, 6.07) is 11.0. The molecule has 44 heavy (non-hydrogen) atoms. The number of aromatic hydroxyl groups is 1. The number of halogens is 3. The molecule has 3 saturated heterocycles. The zero-order valence-corrected chi connectivity index (χ0v) is 24.0. The molecule has 0 radical (unpaired) electrons. The van der Waals surface area contributed by atoms with Crippen LogP contribution in [0.1, 0.15) is 30.4 Å². The molecule has 0 aliphatic carbocycles. The van der Waals surface area contributed by atoms with E-state index < -0.39 is 23.3 Å². The van der Waals surface area contributed by atoms with Crippen LogP contribution in [0.5, 0.6) is 11.6 Å². The molecule has 3 aliphatic rings. The summed E-state index contributed by atoms with van der Waals surface area (Å²) in [6.45, 7) is 3.78. The van der Waals surface area contributed by atoms with Gasteiger partial charge in [-0.3, -0.25) is 4.90 Å². The topological polar surface area (TPSA) is 84.6 Å². The van der Waals surface area contributed by atoms with Gasteiger partial charge in [-0.2, -0.15) is 5.26 Å². The lowest BCUT2D eigenvalue weighted by Gasteiger charge is -2.33. The summed E-state index contributed by atoms with van der Waals surface area (Å²) >= 11 is 0. The van der Waals surface area contributed by atoms with E-state index in [1.807, 2.05) is 4.90 Å².